The Balaban J connectivity index is 1.38. The molecular formula is C24H21Cl2FN4O2. The van der Waals surface area contributed by atoms with Crippen molar-refractivity contribution >= 4 is 46.5 Å². The second kappa shape index (κ2) is 10.2. The fraction of sp³-hybridized carbons (Fsp3) is 0.208. The first kappa shape index (κ1) is 23.0. The first-order chi connectivity index (χ1) is 15.9. The molecule has 2 amide bonds. The van der Waals surface area contributed by atoms with E-state index >= 15 is 0 Å². The first-order valence-electron chi connectivity index (χ1n) is 10.4. The van der Waals surface area contributed by atoms with Crippen molar-refractivity contribution in [1.82, 2.24) is 9.88 Å². The Labute approximate surface area is 200 Å². The fourth-order valence-electron chi connectivity index (χ4n) is 3.67. The van der Waals surface area contributed by atoms with E-state index in [1.54, 1.807) is 41.3 Å². The topological polar surface area (TPSA) is 65.5 Å². The van der Waals surface area contributed by atoms with Crippen LogP contribution in [0.25, 0.3) is 0 Å². The Hall–Kier alpha value is -3.16. The molecule has 4 rings (SSSR count). The highest BCUT2D eigenvalue weighted by atomic mass is 35.5. The second-order valence-electron chi connectivity index (χ2n) is 7.60. The highest BCUT2D eigenvalue weighted by molar-refractivity contribution is 6.36. The van der Waals surface area contributed by atoms with Crippen molar-refractivity contribution < 1.29 is 14.0 Å². The summed E-state index contributed by atoms with van der Waals surface area (Å²) in [6, 6.07) is 14.2. The summed E-state index contributed by atoms with van der Waals surface area (Å²) in [5, 5.41) is 3.48. The molecule has 1 aliphatic heterocycles. The van der Waals surface area contributed by atoms with Crippen molar-refractivity contribution in [3.63, 3.8) is 0 Å². The molecule has 1 saturated heterocycles. The third-order valence-electron chi connectivity index (χ3n) is 5.39. The highest BCUT2D eigenvalue weighted by Gasteiger charge is 2.23. The SMILES string of the molecule is O=C(Nc1ccc(N2CCCN(C(=O)c3ccc(Cl)cc3Cl)CC2)nc1)c1ccccc1F. The number of carbonyl (C=O) groups is 2. The molecule has 0 unspecified atom stereocenters. The van der Waals surface area contributed by atoms with Gasteiger partial charge in [-0.1, -0.05) is 35.3 Å². The molecule has 33 heavy (non-hydrogen) atoms. The molecule has 1 fully saturated rings. The van der Waals surface area contributed by atoms with Gasteiger partial charge >= 0.3 is 0 Å². The number of nitrogens with zero attached hydrogens (tertiary/aromatic N) is 3. The molecule has 9 heteroatoms. The van der Waals surface area contributed by atoms with E-state index in [1.165, 1.54) is 24.4 Å². The standard InChI is InChI=1S/C24H21Cl2FN4O2/c25-16-6-8-18(20(26)14-16)24(33)31-11-3-10-30(12-13-31)22-9-7-17(15-28-22)29-23(32)19-4-1-2-5-21(19)27/h1-2,4-9,14-15H,3,10-13H2,(H,29,32). The highest BCUT2D eigenvalue weighted by Crippen LogP contribution is 2.24. The molecular weight excluding hydrogens is 466 g/mol. The maximum absolute atomic E-state index is 13.8. The van der Waals surface area contributed by atoms with Crippen LogP contribution in [0.3, 0.4) is 0 Å². The number of aromatic nitrogens is 1. The lowest BCUT2D eigenvalue weighted by atomic mass is 10.2. The molecule has 2 aromatic carbocycles. The zero-order valence-electron chi connectivity index (χ0n) is 17.6. The molecule has 3 aromatic rings. The number of anilines is 2. The number of halogens is 3. The van der Waals surface area contributed by atoms with Gasteiger partial charge in [0.25, 0.3) is 11.8 Å². The molecule has 0 radical (unpaired) electrons. The number of nitrogens with one attached hydrogen (secondary N) is 1. The van der Waals surface area contributed by atoms with Gasteiger partial charge in [-0.3, -0.25) is 9.59 Å². The summed E-state index contributed by atoms with van der Waals surface area (Å²) in [4.78, 5) is 33.5. The Morgan fingerprint density at radius 2 is 1.76 bits per heavy atom. The number of hydrogen-bond acceptors (Lipinski definition) is 4. The van der Waals surface area contributed by atoms with Crippen LogP contribution in [0.15, 0.2) is 60.8 Å². The van der Waals surface area contributed by atoms with Crippen LogP contribution in [0.5, 0.6) is 0 Å². The molecule has 0 saturated carbocycles. The number of pyridine rings is 1. The average Bonchev–Trinajstić information content (AvgIpc) is 3.06. The summed E-state index contributed by atoms with van der Waals surface area (Å²) in [5.41, 5.74) is 0.873. The Bertz CT molecular complexity index is 1170. The van der Waals surface area contributed by atoms with E-state index in [0.717, 1.165) is 18.8 Å². The number of rotatable bonds is 4. The number of amides is 2. The van der Waals surface area contributed by atoms with Crippen molar-refractivity contribution in [2.45, 2.75) is 6.42 Å². The summed E-state index contributed by atoms with van der Waals surface area (Å²) in [5.74, 6) is -0.508. The van der Waals surface area contributed by atoms with Gasteiger partial charge in [-0.2, -0.15) is 0 Å². The van der Waals surface area contributed by atoms with Gasteiger partial charge in [-0.05, 0) is 48.9 Å². The summed E-state index contributed by atoms with van der Waals surface area (Å²) in [7, 11) is 0. The van der Waals surface area contributed by atoms with Gasteiger partial charge in [0.1, 0.15) is 11.6 Å². The van der Waals surface area contributed by atoms with Gasteiger partial charge in [0.05, 0.1) is 28.0 Å². The van der Waals surface area contributed by atoms with Crippen LogP contribution < -0.4 is 10.2 Å². The summed E-state index contributed by atoms with van der Waals surface area (Å²) in [6.07, 6.45) is 2.31. The van der Waals surface area contributed by atoms with Crippen molar-refractivity contribution in [2.75, 3.05) is 36.4 Å². The smallest absolute Gasteiger partial charge is 0.258 e. The fourth-order valence-corrected chi connectivity index (χ4v) is 4.16. The number of carbonyl (C=O) groups excluding carboxylic acids is 2. The van der Waals surface area contributed by atoms with E-state index in [-0.39, 0.29) is 11.5 Å². The first-order valence-corrected chi connectivity index (χ1v) is 11.2. The minimum Gasteiger partial charge on any atom is -0.355 e. The number of hydrogen-bond donors (Lipinski definition) is 1. The summed E-state index contributed by atoms with van der Waals surface area (Å²) < 4.78 is 13.8. The Morgan fingerprint density at radius 3 is 2.48 bits per heavy atom. The average molecular weight is 487 g/mol. The minimum absolute atomic E-state index is 0.0281. The molecule has 1 N–H and O–H groups in total. The second-order valence-corrected chi connectivity index (χ2v) is 8.44. The lowest BCUT2D eigenvalue weighted by molar-refractivity contribution is 0.0767. The molecule has 0 spiro atoms. The number of benzene rings is 2. The minimum atomic E-state index is -0.580. The molecule has 0 aliphatic carbocycles. The van der Waals surface area contributed by atoms with Crippen molar-refractivity contribution in [1.29, 1.82) is 0 Å². The van der Waals surface area contributed by atoms with Crippen LogP contribution in [-0.2, 0) is 0 Å². The van der Waals surface area contributed by atoms with Crippen LogP contribution in [0, 0.1) is 5.82 Å². The molecule has 170 valence electrons. The van der Waals surface area contributed by atoms with E-state index in [0.29, 0.717) is 40.9 Å². The third kappa shape index (κ3) is 5.43. The third-order valence-corrected chi connectivity index (χ3v) is 5.94. The monoisotopic (exact) mass is 486 g/mol. The van der Waals surface area contributed by atoms with Crippen LogP contribution in [-0.4, -0.2) is 47.9 Å². The molecule has 1 aromatic heterocycles. The van der Waals surface area contributed by atoms with Crippen molar-refractivity contribution in [3.05, 3.63) is 87.8 Å². The largest absolute Gasteiger partial charge is 0.355 e. The van der Waals surface area contributed by atoms with Crippen LogP contribution >= 0.6 is 23.2 Å². The van der Waals surface area contributed by atoms with Gasteiger partial charge in [0, 0.05) is 31.2 Å². The predicted octanol–water partition coefficient (Wildman–Crippen LogP) is 5.13. The molecule has 1 aliphatic rings. The molecule has 2 heterocycles. The molecule has 0 bridgehead atoms. The van der Waals surface area contributed by atoms with Gasteiger partial charge in [-0.25, -0.2) is 9.37 Å². The van der Waals surface area contributed by atoms with Crippen LogP contribution in [0.1, 0.15) is 27.1 Å². The molecule has 0 atom stereocenters. The lowest BCUT2D eigenvalue weighted by Gasteiger charge is -2.23. The van der Waals surface area contributed by atoms with Gasteiger partial charge in [0.15, 0.2) is 0 Å². The normalized spacial score (nSPS) is 14.0. The Kier molecular flexibility index (Phi) is 7.11. The maximum atomic E-state index is 13.8. The summed E-state index contributed by atoms with van der Waals surface area (Å²) in [6.45, 7) is 2.45. The van der Waals surface area contributed by atoms with Crippen LogP contribution in [0.4, 0.5) is 15.9 Å². The van der Waals surface area contributed by atoms with E-state index in [4.69, 9.17) is 23.2 Å². The Morgan fingerprint density at radius 1 is 0.939 bits per heavy atom. The van der Waals surface area contributed by atoms with Crippen molar-refractivity contribution in [2.24, 2.45) is 0 Å². The van der Waals surface area contributed by atoms with Crippen LogP contribution in [0.2, 0.25) is 10.0 Å². The van der Waals surface area contributed by atoms with E-state index in [2.05, 4.69) is 15.2 Å². The van der Waals surface area contributed by atoms with E-state index < -0.39 is 11.7 Å². The van der Waals surface area contributed by atoms with E-state index in [1.807, 2.05) is 0 Å². The molecule has 6 nitrogen and oxygen atoms in total. The predicted molar refractivity (Wildman–Crippen MR) is 128 cm³/mol. The van der Waals surface area contributed by atoms with E-state index in [9.17, 15) is 14.0 Å². The van der Waals surface area contributed by atoms with Crippen molar-refractivity contribution in [3.8, 4) is 0 Å². The van der Waals surface area contributed by atoms with Gasteiger partial charge in [-0.15, -0.1) is 0 Å². The lowest BCUT2D eigenvalue weighted by Crippen LogP contribution is -2.35. The van der Waals surface area contributed by atoms with Gasteiger partial charge < -0.3 is 15.1 Å². The van der Waals surface area contributed by atoms with Gasteiger partial charge in [0.2, 0.25) is 0 Å². The summed E-state index contributed by atoms with van der Waals surface area (Å²) >= 11 is 12.1. The zero-order chi connectivity index (χ0) is 23.4. The zero-order valence-corrected chi connectivity index (χ0v) is 19.1. The maximum Gasteiger partial charge on any atom is 0.258 e. The quantitative estimate of drug-likeness (QED) is 0.554.